The zero-order valence-electron chi connectivity index (χ0n) is 18.9. The van der Waals surface area contributed by atoms with E-state index in [-0.39, 0.29) is 33.9 Å². The first kappa shape index (κ1) is 26.2. The number of alkyl halides is 2. The smallest absolute Gasteiger partial charge is 0.334 e. The molecule has 1 aliphatic heterocycles. The monoisotopic (exact) mass is 548 g/mol. The van der Waals surface area contributed by atoms with E-state index < -0.39 is 46.4 Å². The molecule has 192 valence electrons. The van der Waals surface area contributed by atoms with Crippen molar-refractivity contribution in [3.8, 4) is 16.9 Å². The van der Waals surface area contributed by atoms with Crippen LogP contribution in [0.2, 0.25) is 5.02 Å². The molecule has 0 radical (unpaired) electrons. The zero-order valence-corrected chi connectivity index (χ0v) is 20.5. The predicted octanol–water partition coefficient (Wildman–Crippen LogP) is 5.12. The molecule has 0 bridgehead atoms. The van der Waals surface area contributed by atoms with Crippen LogP contribution in [0.3, 0.4) is 0 Å². The van der Waals surface area contributed by atoms with E-state index in [0.717, 1.165) is 27.3 Å². The minimum absolute atomic E-state index is 0.0209. The van der Waals surface area contributed by atoms with Crippen molar-refractivity contribution in [2.24, 2.45) is 0 Å². The predicted molar refractivity (Wildman–Crippen MR) is 125 cm³/mol. The normalized spacial score (nSPS) is 16.2. The minimum atomic E-state index is -3.37. The molecule has 4 aromatic rings. The maximum Gasteiger partial charge on any atom is 0.334 e. The van der Waals surface area contributed by atoms with Crippen LogP contribution in [0, 0.1) is 17.5 Å². The Morgan fingerprint density at radius 2 is 1.83 bits per heavy atom. The van der Waals surface area contributed by atoms with E-state index >= 15 is 0 Å². The number of hydrogen-bond donors (Lipinski definition) is 1. The third-order valence-corrected chi connectivity index (χ3v) is 6.15. The molecule has 0 saturated carbocycles. The molecule has 2 aromatic carbocycles. The first-order valence-corrected chi connectivity index (χ1v) is 11.8. The van der Waals surface area contributed by atoms with Gasteiger partial charge >= 0.3 is 11.6 Å². The molecule has 0 fully saturated rings. The summed E-state index contributed by atoms with van der Waals surface area (Å²) < 4.78 is 86.0. The van der Waals surface area contributed by atoms with Crippen molar-refractivity contribution in [2.75, 3.05) is 20.5 Å². The lowest BCUT2D eigenvalue weighted by Crippen LogP contribution is -2.37. The van der Waals surface area contributed by atoms with E-state index in [4.69, 9.17) is 16.1 Å². The number of methoxy groups -OCH3 is 1. The number of fused-ring (bicyclic) bond motifs is 2. The van der Waals surface area contributed by atoms with Gasteiger partial charge in [0.15, 0.2) is 11.4 Å². The van der Waals surface area contributed by atoms with Gasteiger partial charge in [-0.05, 0) is 12.3 Å². The largest absolute Gasteiger partial charge is 0.388 e. The zero-order chi connectivity index (χ0) is 26.4. The van der Waals surface area contributed by atoms with Crippen molar-refractivity contribution in [2.45, 2.75) is 18.5 Å². The van der Waals surface area contributed by atoms with E-state index in [1.807, 2.05) is 0 Å². The van der Waals surface area contributed by atoms with Crippen LogP contribution in [0.25, 0.3) is 27.9 Å². The molecule has 1 aliphatic rings. The fraction of sp³-hybridized carbons (Fsp3) is 0.273. The van der Waals surface area contributed by atoms with Crippen molar-refractivity contribution in [3.05, 3.63) is 69.1 Å². The van der Waals surface area contributed by atoms with Gasteiger partial charge in [-0.2, -0.15) is 8.78 Å². The van der Waals surface area contributed by atoms with Crippen molar-refractivity contribution in [3.63, 3.8) is 0 Å². The van der Waals surface area contributed by atoms with Crippen LogP contribution >= 0.6 is 23.5 Å². The highest BCUT2D eigenvalue weighted by Gasteiger charge is 2.51. The van der Waals surface area contributed by atoms with Crippen LogP contribution in [0.1, 0.15) is 5.69 Å². The Labute approximate surface area is 209 Å². The lowest BCUT2D eigenvalue weighted by molar-refractivity contribution is -0.0240. The molecular formula is C22H18ClF5N4O3S. The molecular weight excluding hydrogens is 531 g/mol. The van der Waals surface area contributed by atoms with E-state index in [2.05, 4.69) is 14.6 Å². The molecule has 1 atom stereocenters. The number of rotatable bonds is 4. The fourth-order valence-corrected chi connectivity index (χ4v) is 4.70. The SMILES string of the molecule is COC.CSN[C@@H]1Cn2c(cn(-c3noc4cc(Cl)cc(-c5c(F)cc(F)cc5F)c34)c2=O)C1(F)F. The number of imidazole rings is 1. The van der Waals surface area contributed by atoms with Gasteiger partial charge in [0, 0.05) is 49.2 Å². The van der Waals surface area contributed by atoms with Gasteiger partial charge in [-0.1, -0.05) is 28.7 Å². The second-order valence-corrected chi connectivity index (χ2v) is 8.84. The van der Waals surface area contributed by atoms with Crippen molar-refractivity contribution in [1.29, 1.82) is 0 Å². The Bertz CT molecular complexity index is 1480. The number of halogens is 6. The fourth-order valence-electron chi connectivity index (χ4n) is 3.99. The molecule has 3 heterocycles. The second-order valence-electron chi connectivity index (χ2n) is 7.76. The number of nitrogens with one attached hydrogen (secondary N) is 1. The van der Waals surface area contributed by atoms with E-state index in [9.17, 15) is 26.7 Å². The van der Waals surface area contributed by atoms with Gasteiger partial charge < -0.3 is 9.26 Å². The molecule has 1 N–H and O–H groups in total. The van der Waals surface area contributed by atoms with Crippen LogP contribution in [-0.4, -0.2) is 40.8 Å². The minimum Gasteiger partial charge on any atom is -0.388 e. The Balaban J connectivity index is 0.000000967. The highest BCUT2D eigenvalue weighted by molar-refractivity contribution is 7.96. The topological polar surface area (TPSA) is 74.2 Å². The summed E-state index contributed by atoms with van der Waals surface area (Å²) in [5.41, 5.74) is -2.27. The summed E-state index contributed by atoms with van der Waals surface area (Å²) in [6, 6.07) is 2.15. The van der Waals surface area contributed by atoms with Crippen LogP contribution in [-0.2, 0) is 17.2 Å². The summed E-state index contributed by atoms with van der Waals surface area (Å²) in [6.45, 7) is -0.301. The average molecular weight is 549 g/mol. The summed E-state index contributed by atoms with van der Waals surface area (Å²) >= 11 is 7.05. The van der Waals surface area contributed by atoms with Crippen LogP contribution in [0.4, 0.5) is 22.0 Å². The Morgan fingerprint density at radius 1 is 1.19 bits per heavy atom. The molecule has 36 heavy (non-hydrogen) atoms. The van der Waals surface area contributed by atoms with Gasteiger partial charge in [-0.15, -0.1) is 0 Å². The molecule has 2 aromatic heterocycles. The van der Waals surface area contributed by atoms with Gasteiger partial charge in [-0.3, -0.25) is 9.29 Å². The molecule has 14 heteroatoms. The van der Waals surface area contributed by atoms with Crippen LogP contribution < -0.4 is 10.4 Å². The van der Waals surface area contributed by atoms with Crippen molar-refractivity contribution >= 4 is 34.5 Å². The van der Waals surface area contributed by atoms with Gasteiger partial charge in [0.25, 0.3) is 0 Å². The van der Waals surface area contributed by atoms with Crippen molar-refractivity contribution in [1.82, 2.24) is 19.0 Å². The number of hydrogen-bond acceptors (Lipinski definition) is 6. The lowest BCUT2D eigenvalue weighted by Gasteiger charge is -2.18. The third-order valence-electron chi connectivity index (χ3n) is 5.41. The van der Waals surface area contributed by atoms with E-state index in [1.165, 1.54) is 12.1 Å². The average Bonchev–Trinajstić information content (AvgIpc) is 3.41. The summed E-state index contributed by atoms with van der Waals surface area (Å²) in [5, 5.41) is 3.74. The standard InChI is InChI=1S/C20H12ClF5N4O2S.C2H6O/c1-33-28-14-6-29-15(20(14,25)26)7-30(19(29)31)18-17-10(2-8(21)3-13(17)32-27-18)16-11(23)4-9(22)5-12(16)24;1-3-2/h2-5,7,14,28H,6H2,1H3;1-2H3/t14-;/m1./s1. The number of benzene rings is 2. The second kappa shape index (κ2) is 9.88. The summed E-state index contributed by atoms with van der Waals surface area (Å²) in [7, 11) is 3.25. The summed E-state index contributed by atoms with van der Waals surface area (Å²) in [4.78, 5) is 13.0. The molecule has 0 saturated heterocycles. The van der Waals surface area contributed by atoms with Gasteiger partial charge in [0.05, 0.1) is 17.5 Å². The third kappa shape index (κ3) is 4.29. The molecule has 0 aliphatic carbocycles. The maximum absolute atomic E-state index is 14.8. The van der Waals surface area contributed by atoms with Crippen LogP contribution in [0.5, 0.6) is 0 Å². The Hall–Kier alpha value is -2.87. The quantitative estimate of drug-likeness (QED) is 0.282. The van der Waals surface area contributed by atoms with E-state index in [0.29, 0.717) is 12.1 Å². The molecule has 5 rings (SSSR count). The first-order valence-electron chi connectivity index (χ1n) is 10.2. The highest BCUT2D eigenvalue weighted by atomic mass is 35.5. The molecule has 0 unspecified atom stereocenters. The molecule has 0 spiro atoms. The van der Waals surface area contributed by atoms with E-state index in [1.54, 1.807) is 20.5 Å². The molecule has 7 nitrogen and oxygen atoms in total. The van der Waals surface area contributed by atoms with Crippen molar-refractivity contribution < 1.29 is 31.2 Å². The summed E-state index contributed by atoms with van der Waals surface area (Å²) in [6.07, 6.45) is 2.50. The number of aromatic nitrogens is 3. The van der Waals surface area contributed by atoms with Gasteiger partial charge in [0.2, 0.25) is 0 Å². The van der Waals surface area contributed by atoms with Gasteiger partial charge in [-0.25, -0.2) is 22.5 Å². The Kier molecular flexibility index (Phi) is 7.19. The lowest BCUT2D eigenvalue weighted by atomic mass is 10.00. The van der Waals surface area contributed by atoms with Gasteiger partial charge in [0.1, 0.15) is 29.2 Å². The number of nitrogens with zero attached hydrogens (tertiary/aromatic N) is 3. The molecule has 0 amide bonds. The maximum atomic E-state index is 14.8. The Morgan fingerprint density at radius 3 is 2.42 bits per heavy atom. The summed E-state index contributed by atoms with van der Waals surface area (Å²) in [5.74, 6) is -7.22. The van der Waals surface area contributed by atoms with Crippen LogP contribution in [0.15, 0.2) is 39.8 Å². The highest BCUT2D eigenvalue weighted by Crippen LogP contribution is 2.41. The number of ether oxygens (including phenoxy) is 1. The first-order chi connectivity index (χ1) is 17.0.